The molecule has 42 heavy (non-hydrogen) atoms. The summed E-state index contributed by atoms with van der Waals surface area (Å²) in [6.07, 6.45) is 9.42. The lowest BCUT2D eigenvalue weighted by Crippen LogP contribution is -2.67. The van der Waals surface area contributed by atoms with Gasteiger partial charge < -0.3 is 14.9 Å². The maximum absolute atomic E-state index is 14.5. The topological polar surface area (TPSA) is 83.8 Å². The van der Waals surface area contributed by atoms with E-state index < -0.39 is 16.9 Å². The highest BCUT2D eigenvalue weighted by molar-refractivity contribution is 5.95. The Morgan fingerprint density at radius 1 is 0.929 bits per heavy atom. The number of carbonyl (C=O) groups is 2. The van der Waals surface area contributed by atoms with E-state index in [4.69, 9.17) is 4.74 Å². The van der Waals surface area contributed by atoms with E-state index in [1.807, 2.05) is 43.3 Å². The van der Waals surface area contributed by atoms with Crippen LogP contribution in [0.1, 0.15) is 105 Å². The molecule has 1 aromatic carbocycles. The molecule has 0 spiro atoms. The van der Waals surface area contributed by atoms with Crippen molar-refractivity contribution in [2.75, 3.05) is 6.61 Å². The fourth-order valence-corrected chi connectivity index (χ4v) is 11.3. The van der Waals surface area contributed by atoms with Crippen LogP contribution in [0.25, 0.3) is 0 Å². The zero-order chi connectivity index (χ0) is 30.3. The summed E-state index contributed by atoms with van der Waals surface area (Å²) < 4.78 is 5.92. The van der Waals surface area contributed by atoms with Gasteiger partial charge in [0.25, 0.3) is 0 Å². The smallest absolute Gasteiger partial charge is 0.312 e. The maximum atomic E-state index is 14.5. The number of carbonyl (C=O) groups excluding carboxylic acids is 2. The molecule has 5 heteroatoms. The molecule has 0 amide bonds. The number of rotatable bonds is 4. The molecule has 0 bridgehead atoms. The first-order chi connectivity index (χ1) is 19.7. The third-order valence-electron chi connectivity index (χ3n) is 14.4. The Balaban J connectivity index is 1.34. The molecule has 0 aromatic heterocycles. The molecule has 4 fully saturated rings. The highest BCUT2D eigenvalue weighted by Crippen LogP contribution is 2.75. The average molecular weight is 577 g/mol. The fraction of sp³-hybridized carbons (Fsp3) is 0.730. The van der Waals surface area contributed by atoms with E-state index in [1.165, 1.54) is 5.57 Å². The lowest BCUT2D eigenvalue weighted by molar-refractivity contribution is -0.213. The van der Waals surface area contributed by atoms with Gasteiger partial charge in [0.15, 0.2) is 5.78 Å². The highest BCUT2D eigenvalue weighted by atomic mass is 16.5. The van der Waals surface area contributed by atoms with E-state index in [2.05, 4.69) is 34.6 Å². The van der Waals surface area contributed by atoms with E-state index in [-0.39, 0.29) is 64.4 Å². The van der Waals surface area contributed by atoms with Crippen LogP contribution in [0.4, 0.5) is 0 Å². The molecule has 0 aliphatic heterocycles. The molecule has 0 saturated heterocycles. The van der Waals surface area contributed by atoms with Crippen molar-refractivity contribution in [1.82, 2.24) is 0 Å². The largest absolute Gasteiger partial charge is 0.460 e. The summed E-state index contributed by atoms with van der Waals surface area (Å²) in [5, 5.41) is 21.5. The van der Waals surface area contributed by atoms with Gasteiger partial charge in [0.1, 0.15) is 6.61 Å². The first-order valence-corrected chi connectivity index (χ1v) is 16.4. The molecule has 0 heterocycles. The molecular formula is C37H52O5. The Bertz CT molecular complexity index is 1290. The Hall–Kier alpha value is -1.98. The van der Waals surface area contributed by atoms with Crippen LogP contribution in [0.5, 0.6) is 0 Å². The Labute approximate surface area is 252 Å². The van der Waals surface area contributed by atoms with Gasteiger partial charge in [-0.3, -0.25) is 9.59 Å². The van der Waals surface area contributed by atoms with E-state index in [0.29, 0.717) is 6.42 Å². The van der Waals surface area contributed by atoms with Gasteiger partial charge in [0, 0.05) is 11.3 Å². The van der Waals surface area contributed by atoms with Gasteiger partial charge in [0.05, 0.1) is 18.1 Å². The Kier molecular flexibility index (Phi) is 6.99. The lowest BCUT2D eigenvalue weighted by Gasteiger charge is -2.70. The SMILES string of the molecule is C[C@]1(C(=O)OCc2ccccc2)CC[C@]2(C)CC[C@]3(C)C(=CC(=O)[C@@H]4[C@@]5(C)CCC(O)[C@@](C)(CO)[C@@H]5CC[C@]43C)[C@@H]2C1. The first-order valence-electron chi connectivity index (χ1n) is 16.4. The minimum atomic E-state index is -0.587. The molecule has 10 atom stereocenters. The molecule has 1 aromatic rings. The summed E-state index contributed by atoms with van der Waals surface area (Å²) in [5.74, 6) is 0.251. The van der Waals surface area contributed by atoms with Crippen LogP contribution in [0, 0.1) is 50.2 Å². The molecule has 5 aliphatic rings. The first kappa shape index (κ1) is 30.1. The number of ketones is 1. The summed E-state index contributed by atoms with van der Waals surface area (Å²) in [4.78, 5) is 28.1. The number of ether oxygens (including phenoxy) is 1. The van der Waals surface area contributed by atoms with E-state index in [9.17, 15) is 19.8 Å². The van der Waals surface area contributed by atoms with Crippen molar-refractivity contribution in [3.05, 3.63) is 47.5 Å². The zero-order valence-corrected chi connectivity index (χ0v) is 26.7. The molecule has 230 valence electrons. The second-order valence-corrected chi connectivity index (χ2v) is 16.5. The highest BCUT2D eigenvalue weighted by Gasteiger charge is 2.70. The maximum Gasteiger partial charge on any atom is 0.312 e. The molecule has 1 unspecified atom stereocenters. The van der Waals surface area contributed by atoms with Crippen molar-refractivity contribution in [1.29, 1.82) is 0 Å². The van der Waals surface area contributed by atoms with E-state index in [1.54, 1.807) is 0 Å². The predicted molar refractivity (Wildman–Crippen MR) is 163 cm³/mol. The number of benzene rings is 1. The van der Waals surface area contributed by atoms with Gasteiger partial charge >= 0.3 is 5.97 Å². The lowest BCUT2D eigenvalue weighted by atomic mass is 9.33. The van der Waals surface area contributed by atoms with Gasteiger partial charge in [0.2, 0.25) is 0 Å². The number of hydrogen-bond donors (Lipinski definition) is 2. The number of fused-ring (bicyclic) bond motifs is 7. The predicted octanol–water partition coefficient (Wildman–Crippen LogP) is 7.04. The van der Waals surface area contributed by atoms with Gasteiger partial charge in [-0.1, -0.05) is 70.5 Å². The molecule has 5 nitrogen and oxygen atoms in total. The van der Waals surface area contributed by atoms with E-state index in [0.717, 1.165) is 56.9 Å². The standard InChI is InChI=1S/C37H52O5/c1-32-16-17-33(2,31(41)42-22-24-10-8-7-9-11-24)21-26(32)25-20-27(39)30-34(3)14-13-29(40)35(4,23-38)28(34)12-15-37(30,6)36(25,5)19-18-32/h7-11,20,26,28-30,38,40H,12-19,21-23H2,1-6H3/t26-,28+,29?,30+,32+,33-,34-,35-,36+,37+/m0/s1. The van der Waals surface area contributed by atoms with Gasteiger partial charge in [-0.25, -0.2) is 0 Å². The molecule has 4 saturated carbocycles. The van der Waals surface area contributed by atoms with Crippen LogP contribution in [0.2, 0.25) is 0 Å². The molecule has 0 radical (unpaired) electrons. The molecular weight excluding hydrogens is 524 g/mol. The van der Waals surface area contributed by atoms with Crippen molar-refractivity contribution in [2.24, 2.45) is 50.2 Å². The van der Waals surface area contributed by atoms with Crippen molar-refractivity contribution < 1.29 is 24.5 Å². The summed E-state index contributed by atoms with van der Waals surface area (Å²) in [5.41, 5.74) is 0.569. The van der Waals surface area contributed by atoms with Crippen LogP contribution in [0.15, 0.2) is 42.0 Å². The van der Waals surface area contributed by atoms with Crippen molar-refractivity contribution in [3.63, 3.8) is 0 Å². The number of allylic oxidation sites excluding steroid dienone is 2. The number of esters is 1. The van der Waals surface area contributed by atoms with Crippen LogP contribution in [-0.2, 0) is 20.9 Å². The van der Waals surface area contributed by atoms with Crippen molar-refractivity contribution in [3.8, 4) is 0 Å². The van der Waals surface area contributed by atoms with E-state index >= 15 is 0 Å². The third-order valence-corrected chi connectivity index (χ3v) is 14.4. The normalized spacial score (nSPS) is 48.2. The van der Waals surface area contributed by atoms with Crippen molar-refractivity contribution in [2.45, 2.75) is 112 Å². The van der Waals surface area contributed by atoms with Crippen LogP contribution in [-0.4, -0.2) is 34.7 Å². The number of aliphatic hydroxyl groups excluding tert-OH is 2. The zero-order valence-electron chi connectivity index (χ0n) is 26.7. The second kappa shape index (κ2) is 9.76. The number of hydrogen-bond acceptors (Lipinski definition) is 5. The molecule has 5 aliphatic carbocycles. The van der Waals surface area contributed by atoms with Crippen molar-refractivity contribution >= 4 is 11.8 Å². The minimum Gasteiger partial charge on any atom is -0.460 e. The van der Waals surface area contributed by atoms with Gasteiger partial charge in [-0.05, 0) is 110 Å². The van der Waals surface area contributed by atoms with Crippen LogP contribution in [0.3, 0.4) is 0 Å². The van der Waals surface area contributed by atoms with Crippen LogP contribution < -0.4 is 0 Å². The summed E-state index contributed by atoms with van der Waals surface area (Å²) >= 11 is 0. The Morgan fingerprint density at radius 3 is 2.31 bits per heavy atom. The van der Waals surface area contributed by atoms with Crippen LogP contribution >= 0.6 is 0 Å². The third kappa shape index (κ3) is 4.01. The van der Waals surface area contributed by atoms with Gasteiger partial charge in [-0.2, -0.15) is 0 Å². The fourth-order valence-electron chi connectivity index (χ4n) is 11.3. The molecule has 2 N–H and O–H groups in total. The monoisotopic (exact) mass is 576 g/mol. The molecule has 6 rings (SSSR count). The summed E-state index contributed by atoms with van der Waals surface area (Å²) in [6, 6.07) is 9.87. The number of aliphatic hydroxyl groups is 2. The second-order valence-electron chi connectivity index (χ2n) is 16.5. The summed E-state index contributed by atoms with van der Waals surface area (Å²) in [6.45, 7) is 13.8. The quantitative estimate of drug-likeness (QED) is 0.376. The summed E-state index contributed by atoms with van der Waals surface area (Å²) in [7, 11) is 0. The minimum absolute atomic E-state index is 0.0518. The van der Waals surface area contributed by atoms with Gasteiger partial charge in [-0.15, -0.1) is 0 Å². The average Bonchev–Trinajstić information content (AvgIpc) is 2.96. The Morgan fingerprint density at radius 2 is 1.62 bits per heavy atom.